The molecule has 0 aliphatic rings. The van der Waals surface area contributed by atoms with E-state index in [2.05, 4.69) is 19.9 Å². The van der Waals surface area contributed by atoms with E-state index in [1.165, 1.54) is 0 Å². The third-order valence-electron chi connectivity index (χ3n) is 1.67. The number of hydrogen-bond donors (Lipinski definition) is 4. The number of hydrogen-bond acceptors (Lipinski definition) is 6. The molecule has 0 radical (unpaired) electrons. The van der Waals surface area contributed by atoms with Crippen LogP contribution < -0.4 is 20.2 Å². The van der Waals surface area contributed by atoms with E-state index < -0.39 is 24.1 Å². The van der Waals surface area contributed by atoms with Crippen molar-refractivity contribution < 1.29 is 40.0 Å². The molecular weight excluding hydrogens is 272 g/mol. The molecule has 2 unspecified atom stereocenters. The number of carboxylic acid groups (broad SMARTS) is 2. The molecule has 20 heavy (non-hydrogen) atoms. The molecule has 2 rings (SSSR count). The van der Waals surface area contributed by atoms with Crippen molar-refractivity contribution in [2.45, 2.75) is 12.2 Å². The quantitative estimate of drug-likeness (QED) is 0.437. The largest absolute Gasteiger partial charge is 0.547 e. The maximum Gasteiger partial charge on any atom is 0.239 e. The van der Waals surface area contributed by atoms with Gasteiger partial charge in [0.05, 0.1) is 11.9 Å². The Labute approximate surface area is 112 Å². The van der Waals surface area contributed by atoms with Gasteiger partial charge in [-0.3, -0.25) is 19.9 Å². The Morgan fingerprint density at radius 2 is 1.25 bits per heavy atom. The number of aliphatic hydroxyl groups excluding tert-OH is 2. The summed E-state index contributed by atoms with van der Waals surface area (Å²) in [7, 11) is 0. The van der Waals surface area contributed by atoms with Crippen molar-refractivity contribution in [2.24, 2.45) is 0 Å². The lowest BCUT2D eigenvalue weighted by Crippen LogP contribution is -2.51. The molecule has 2 aromatic rings. The SMILES string of the molecule is O=C([O-])C(O)C(O)C(=O)[O-].c1c[nH+]c[nH]1.c1c[nH+]c[nH]1. The zero-order valence-electron chi connectivity index (χ0n) is 10.1. The summed E-state index contributed by atoms with van der Waals surface area (Å²) in [4.78, 5) is 30.5. The minimum atomic E-state index is -2.44. The first-order chi connectivity index (χ1) is 9.46. The maximum atomic E-state index is 9.63. The Morgan fingerprint density at radius 1 is 0.900 bits per heavy atom. The summed E-state index contributed by atoms with van der Waals surface area (Å²) in [6.45, 7) is 0. The van der Waals surface area contributed by atoms with E-state index in [4.69, 9.17) is 10.2 Å². The van der Waals surface area contributed by atoms with Crippen LogP contribution in [0.5, 0.6) is 0 Å². The topological polar surface area (TPSA) is 181 Å². The third-order valence-corrected chi connectivity index (χ3v) is 1.67. The number of H-pyrrole nitrogens is 4. The first-order valence-corrected chi connectivity index (χ1v) is 5.22. The number of carbonyl (C=O) groups excluding carboxylic acids is 2. The van der Waals surface area contributed by atoms with Crippen LogP contribution in [0.3, 0.4) is 0 Å². The minimum absolute atomic E-state index is 1.75. The zero-order chi connectivity index (χ0) is 15.4. The number of aromatic nitrogens is 4. The fourth-order valence-corrected chi connectivity index (χ4v) is 0.739. The number of carbonyl (C=O) groups is 2. The smallest absolute Gasteiger partial charge is 0.239 e. The Balaban J connectivity index is 0.000000298. The van der Waals surface area contributed by atoms with Crippen LogP contribution in [0.1, 0.15) is 0 Å². The lowest BCUT2D eigenvalue weighted by molar-refractivity contribution is -0.376. The summed E-state index contributed by atoms with van der Waals surface area (Å²) < 4.78 is 0. The number of rotatable bonds is 3. The van der Waals surface area contributed by atoms with Gasteiger partial charge in [0.25, 0.3) is 0 Å². The second kappa shape index (κ2) is 10.2. The lowest BCUT2D eigenvalue weighted by Gasteiger charge is -2.18. The highest BCUT2D eigenvalue weighted by Crippen LogP contribution is 1.88. The summed E-state index contributed by atoms with van der Waals surface area (Å²) in [6, 6.07) is 0. The average Bonchev–Trinajstić information content (AvgIpc) is 3.12. The van der Waals surface area contributed by atoms with Gasteiger partial charge in [-0.2, -0.15) is 0 Å². The molecule has 10 heteroatoms. The van der Waals surface area contributed by atoms with E-state index in [-0.39, 0.29) is 0 Å². The van der Waals surface area contributed by atoms with Crippen LogP contribution in [0.25, 0.3) is 0 Å². The van der Waals surface area contributed by atoms with E-state index in [1.54, 1.807) is 12.7 Å². The number of nitrogens with one attached hydrogen (secondary N) is 4. The minimum Gasteiger partial charge on any atom is -0.547 e. The Kier molecular flexibility index (Phi) is 8.83. The van der Waals surface area contributed by atoms with Crippen LogP contribution in [-0.2, 0) is 9.59 Å². The molecule has 0 amide bonds. The van der Waals surface area contributed by atoms with Gasteiger partial charge in [-0.1, -0.05) is 0 Å². The highest BCUT2D eigenvalue weighted by molar-refractivity contribution is 5.80. The zero-order valence-corrected chi connectivity index (χ0v) is 10.1. The van der Waals surface area contributed by atoms with Crippen LogP contribution in [-0.4, -0.2) is 44.3 Å². The van der Waals surface area contributed by atoms with Crippen molar-refractivity contribution in [3.05, 3.63) is 37.4 Å². The van der Waals surface area contributed by atoms with Gasteiger partial charge < -0.3 is 30.0 Å². The van der Waals surface area contributed by atoms with Crippen molar-refractivity contribution in [3.63, 3.8) is 0 Å². The summed E-state index contributed by atoms with van der Waals surface area (Å²) in [5.74, 6) is -4.12. The van der Waals surface area contributed by atoms with Crippen LogP contribution >= 0.6 is 0 Å². The second-order valence-electron chi connectivity index (χ2n) is 3.15. The average molecular weight is 286 g/mol. The van der Waals surface area contributed by atoms with E-state index in [1.807, 2.05) is 24.8 Å². The fraction of sp³-hybridized carbons (Fsp3) is 0.200. The molecule has 0 aromatic carbocycles. The highest BCUT2D eigenvalue weighted by Gasteiger charge is 2.17. The molecular formula is C10H14N4O6. The first kappa shape index (κ1) is 17.3. The first-order valence-electron chi connectivity index (χ1n) is 5.22. The molecule has 2 heterocycles. The number of aliphatic carboxylic acids is 2. The normalized spacial score (nSPS) is 11.9. The third kappa shape index (κ3) is 8.38. The molecule has 2 aromatic heterocycles. The van der Waals surface area contributed by atoms with Crippen LogP contribution in [0.2, 0.25) is 0 Å². The van der Waals surface area contributed by atoms with E-state index >= 15 is 0 Å². The summed E-state index contributed by atoms with van der Waals surface area (Å²) >= 11 is 0. The van der Waals surface area contributed by atoms with Crippen molar-refractivity contribution in [1.29, 1.82) is 0 Å². The Hall–Kier alpha value is -2.72. The van der Waals surface area contributed by atoms with Crippen molar-refractivity contribution in [1.82, 2.24) is 9.97 Å². The Morgan fingerprint density at radius 3 is 1.35 bits per heavy atom. The van der Waals surface area contributed by atoms with Gasteiger partial charge in [0.15, 0.2) is 0 Å². The molecule has 6 N–H and O–H groups in total. The van der Waals surface area contributed by atoms with E-state index in [0.717, 1.165) is 0 Å². The van der Waals surface area contributed by atoms with Gasteiger partial charge in [-0.05, 0) is 0 Å². The fourth-order valence-electron chi connectivity index (χ4n) is 0.739. The molecule has 2 atom stereocenters. The van der Waals surface area contributed by atoms with Crippen LogP contribution in [0.15, 0.2) is 37.4 Å². The number of aliphatic hydroxyl groups is 2. The molecule has 0 aliphatic carbocycles. The molecule has 0 saturated heterocycles. The van der Waals surface area contributed by atoms with E-state index in [0.29, 0.717) is 0 Å². The van der Waals surface area contributed by atoms with Gasteiger partial charge in [0.1, 0.15) is 37.0 Å². The standard InChI is InChI=1S/C4H6O6.2C3H4N2/c5-1(3(7)8)2(6)4(9)10;2*1-2-5-3-4-1/h1-2,5-6H,(H,7,8)(H,9,10);2*1-3H,(H,4,5). The van der Waals surface area contributed by atoms with Crippen molar-refractivity contribution in [3.8, 4) is 0 Å². The van der Waals surface area contributed by atoms with Crippen molar-refractivity contribution >= 4 is 11.9 Å². The Bertz CT molecular complexity index is 379. The lowest BCUT2D eigenvalue weighted by atomic mass is 10.2. The monoisotopic (exact) mass is 286 g/mol. The van der Waals surface area contributed by atoms with Crippen LogP contribution in [0.4, 0.5) is 0 Å². The number of carboxylic acids is 2. The summed E-state index contributed by atoms with van der Waals surface area (Å²) in [5.41, 5.74) is 0. The molecule has 0 fully saturated rings. The second-order valence-corrected chi connectivity index (χ2v) is 3.15. The van der Waals surface area contributed by atoms with Gasteiger partial charge in [0.2, 0.25) is 12.7 Å². The summed E-state index contributed by atoms with van der Waals surface area (Å²) in [6.07, 6.45) is 5.90. The van der Waals surface area contributed by atoms with Crippen LogP contribution in [0, 0.1) is 0 Å². The molecule has 0 saturated carbocycles. The molecule has 0 aliphatic heterocycles. The maximum absolute atomic E-state index is 9.63. The molecule has 10 nitrogen and oxygen atoms in total. The van der Waals surface area contributed by atoms with Gasteiger partial charge in [0, 0.05) is 0 Å². The van der Waals surface area contributed by atoms with Crippen molar-refractivity contribution in [2.75, 3.05) is 0 Å². The molecule has 0 spiro atoms. The van der Waals surface area contributed by atoms with E-state index in [9.17, 15) is 19.8 Å². The predicted molar refractivity (Wildman–Crippen MR) is 56.7 cm³/mol. The van der Waals surface area contributed by atoms with Gasteiger partial charge >= 0.3 is 0 Å². The molecule has 110 valence electrons. The predicted octanol–water partition coefficient (Wildman–Crippen LogP) is -5.13. The summed E-state index contributed by atoms with van der Waals surface area (Å²) in [5, 5.41) is 35.7. The van der Waals surface area contributed by atoms with Gasteiger partial charge in [-0.25, -0.2) is 0 Å². The number of aromatic amines is 4. The molecule has 0 bridgehead atoms. The number of imidazole rings is 2. The van der Waals surface area contributed by atoms with Gasteiger partial charge in [-0.15, -0.1) is 0 Å². The highest BCUT2D eigenvalue weighted by atomic mass is 16.4.